The number of imide groups is 1. The number of rotatable bonds is 6. The van der Waals surface area contributed by atoms with Crippen LogP contribution < -0.4 is 10.1 Å². The topological polar surface area (TPSA) is 58.6 Å². The number of hydrogen-bond acceptors (Lipinski definition) is 4. The second-order valence-corrected chi connectivity index (χ2v) is 5.61. The first kappa shape index (κ1) is 13.9. The van der Waals surface area contributed by atoms with Crippen molar-refractivity contribution in [3.8, 4) is 5.75 Å². The van der Waals surface area contributed by atoms with Crippen LogP contribution in [0.3, 0.4) is 0 Å². The van der Waals surface area contributed by atoms with Gasteiger partial charge in [0.25, 0.3) is 5.91 Å². The molecule has 5 heteroatoms. The molecule has 1 aromatic rings. The predicted molar refractivity (Wildman–Crippen MR) is 79.1 cm³/mol. The molecule has 1 heterocycles. The summed E-state index contributed by atoms with van der Waals surface area (Å²) < 4.78 is 5.52. The van der Waals surface area contributed by atoms with E-state index in [4.69, 9.17) is 4.74 Å². The zero-order chi connectivity index (χ0) is 14.8. The Bertz CT molecular complexity index is 537. The van der Waals surface area contributed by atoms with Crippen molar-refractivity contribution < 1.29 is 14.3 Å². The maximum absolute atomic E-state index is 12.2. The van der Waals surface area contributed by atoms with E-state index in [1.54, 1.807) is 0 Å². The van der Waals surface area contributed by atoms with Gasteiger partial charge in [-0.15, -0.1) is 0 Å². The summed E-state index contributed by atoms with van der Waals surface area (Å²) in [5.41, 5.74) is 0.836. The summed E-state index contributed by atoms with van der Waals surface area (Å²) in [6.45, 7) is 2.75. The molecule has 1 unspecified atom stereocenters. The van der Waals surface area contributed by atoms with E-state index in [2.05, 4.69) is 12.2 Å². The fourth-order valence-corrected chi connectivity index (χ4v) is 2.55. The maximum atomic E-state index is 12.2. The maximum Gasteiger partial charge on any atom is 0.252 e. The van der Waals surface area contributed by atoms with Gasteiger partial charge in [-0.3, -0.25) is 14.5 Å². The Balaban J connectivity index is 1.61. The van der Waals surface area contributed by atoms with Gasteiger partial charge in [-0.1, -0.05) is 6.92 Å². The number of anilines is 1. The van der Waals surface area contributed by atoms with Crippen molar-refractivity contribution >= 4 is 17.5 Å². The first-order valence-corrected chi connectivity index (χ1v) is 7.54. The molecule has 1 aliphatic carbocycles. The molecule has 112 valence electrons. The van der Waals surface area contributed by atoms with E-state index < -0.39 is 6.04 Å². The molecule has 1 atom stereocenters. The zero-order valence-corrected chi connectivity index (χ0v) is 12.2. The molecule has 2 aliphatic rings. The third kappa shape index (κ3) is 3.01. The largest absolute Gasteiger partial charge is 0.494 e. The highest BCUT2D eigenvalue weighted by atomic mass is 16.5. The van der Waals surface area contributed by atoms with E-state index in [-0.39, 0.29) is 24.3 Å². The molecule has 1 saturated heterocycles. The molecule has 1 saturated carbocycles. The summed E-state index contributed by atoms with van der Waals surface area (Å²) in [6.07, 6.45) is 3.13. The van der Waals surface area contributed by atoms with Crippen molar-refractivity contribution in [3.05, 3.63) is 24.3 Å². The highest BCUT2D eigenvalue weighted by Crippen LogP contribution is 2.32. The molecule has 3 rings (SSSR count). The standard InChI is InChI=1S/C16H20N2O3/c1-2-9-21-13-7-3-11(4-8-13)17-14-10-15(19)18(16(14)20)12-5-6-12/h3-4,7-8,12,14,17H,2,5-6,9-10H2,1H3. The number of ether oxygens (including phenoxy) is 1. The lowest BCUT2D eigenvalue weighted by molar-refractivity contribution is -0.139. The normalized spacial score (nSPS) is 21.8. The van der Waals surface area contributed by atoms with E-state index in [1.807, 2.05) is 24.3 Å². The zero-order valence-electron chi connectivity index (χ0n) is 12.2. The summed E-state index contributed by atoms with van der Waals surface area (Å²) in [5, 5.41) is 3.15. The Morgan fingerprint density at radius 1 is 1.24 bits per heavy atom. The van der Waals surface area contributed by atoms with Crippen molar-refractivity contribution in [2.45, 2.75) is 44.7 Å². The first-order valence-electron chi connectivity index (χ1n) is 7.54. The minimum Gasteiger partial charge on any atom is -0.494 e. The van der Waals surface area contributed by atoms with Crippen LogP contribution in [0.15, 0.2) is 24.3 Å². The number of carbonyl (C=O) groups excluding carboxylic acids is 2. The van der Waals surface area contributed by atoms with Gasteiger partial charge < -0.3 is 10.1 Å². The van der Waals surface area contributed by atoms with Crippen molar-refractivity contribution in [3.63, 3.8) is 0 Å². The van der Waals surface area contributed by atoms with Crippen LogP contribution in [-0.4, -0.2) is 35.4 Å². The molecule has 0 bridgehead atoms. The van der Waals surface area contributed by atoms with Gasteiger partial charge in [0.05, 0.1) is 13.0 Å². The molecule has 0 radical (unpaired) electrons. The van der Waals surface area contributed by atoms with Crippen LogP contribution in [0.25, 0.3) is 0 Å². The molecule has 1 N–H and O–H groups in total. The summed E-state index contributed by atoms with van der Waals surface area (Å²) in [5.74, 6) is 0.674. The summed E-state index contributed by atoms with van der Waals surface area (Å²) in [4.78, 5) is 25.6. The van der Waals surface area contributed by atoms with Gasteiger partial charge in [-0.25, -0.2) is 0 Å². The second kappa shape index (κ2) is 5.76. The number of carbonyl (C=O) groups is 2. The molecule has 1 aromatic carbocycles. The molecule has 2 fully saturated rings. The molecular formula is C16H20N2O3. The average molecular weight is 288 g/mol. The van der Waals surface area contributed by atoms with E-state index in [0.29, 0.717) is 6.61 Å². The molecule has 1 aliphatic heterocycles. The van der Waals surface area contributed by atoms with Crippen LogP contribution in [-0.2, 0) is 9.59 Å². The first-order chi connectivity index (χ1) is 10.2. The van der Waals surface area contributed by atoms with E-state index >= 15 is 0 Å². The Morgan fingerprint density at radius 3 is 2.57 bits per heavy atom. The molecule has 0 spiro atoms. The van der Waals surface area contributed by atoms with Crippen LogP contribution in [0, 0.1) is 0 Å². The van der Waals surface area contributed by atoms with Gasteiger partial charge in [0.1, 0.15) is 11.8 Å². The Kier molecular flexibility index (Phi) is 3.82. The Morgan fingerprint density at radius 2 is 1.95 bits per heavy atom. The monoisotopic (exact) mass is 288 g/mol. The molecular weight excluding hydrogens is 268 g/mol. The quantitative estimate of drug-likeness (QED) is 0.815. The van der Waals surface area contributed by atoms with Crippen LogP contribution in [0.2, 0.25) is 0 Å². The fourth-order valence-electron chi connectivity index (χ4n) is 2.55. The van der Waals surface area contributed by atoms with Crippen molar-refractivity contribution in [2.24, 2.45) is 0 Å². The number of amides is 2. The van der Waals surface area contributed by atoms with Gasteiger partial charge in [0, 0.05) is 11.7 Å². The average Bonchev–Trinajstić information content (AvgIpc) is 3.26. The van der Waals surface area contributed by atoms with Gasteiger partial charge in [-0.2, -0.15) is 0 Å². The lowest BCUT2D eigenvalue weighted by Gasteiger charge is -2.15. The molecule has 0 aromatic heterocycles. The van der Waals surface area contributed by atoms with Gasteiger partial charge >= 0.3 is 0 Å². The van der Waals surface area contributed by atoms with E-state index in [0.717, 1.165) is 30.7 Å². The van der Waals surface area contributed by atoms with Gasteiger partial charge in [-0.05, 0) is 43.5 Å². The summed E-state index contributed by atoms with van der Waals surface area (Å²) in [7, 11) is 0. The summed E-state index contributed by atoms with van der Waals surface area (Å²) >= 11 is 0. The number of benzene rings is 1. The SMILES string of the molecule is CCCOc1ccc(NC2CC(=O)N(C3CC3)C2=O)cc1. The number of nitrogens with zero attached hydrogens (tertiary/aromatic N) is 1. The Labute approximate surface area is 124 Å². The van der Waals surface area contributed by atoms with Crippen molar-refractivity contribution in [2.75, 3.05) is 11.9 Å². The van der Waals surface area contributed by atoms with E-state index in [9.17, 15) is 9.59 Å². The highest BCUT2D eigenvalue weighted by Gasteiger charge is 2.46. The van der Waals surface area contributed by atoms with Gasteiger partial charge in [0.2, 0.25) is 5.91 Å². The minimum atomic E-state index is -0.430. The van der Waals surface area contributed by atoms with Crippen LogP contribution >= 0.6 is 0 Å². The molecule has 5 nitrogen and oxygen atoms in total. The highest BCUT2D eigenvalue weighted by molar-refractivity contribution is 6.07. The van der Waals surface area contributed by atoms with Crippen LogP contribution in [0.4, 0.5) is 5.69 Å². The van der Waals surface area contributed by atoms with Crippen LogP contribution in [0.5, 0.6) is 5.75 Å². The van der Waals surface area contributed by atoms with E-state index in [1.165, 1.54) is 4.90 Å². The smallest absolute Gasteiger partial charge is 0.252 e. The fraction of sp³-hybridized carbons (Fsp3) is 0.500. The summed E-state index contributed by atoms with van der Waals surface area (Å²) in [6, 6.07) is 7.23. The lowest BCUT2D eigenvalue weighted by atomic mass is 10.2. The Hall–Kier alpha value is -2.04. The lowest BCUT2D eigenvalue weighted by Crippen LogP contribution is -2.36. The van der Waals surface area contributed by atoms with Gasteiger partial charge in [0.15, 0.2) is 0 Å². The third-order valence-corrected chi connectivity index (χ3v) is 3.76. The number of likely N-dealkylation sites (tertiary alicyclic amines) is 1. The minimum absolute atomic E-state index is 0.0529. The van der Waals surface area contributed by atoms with Crippen LogP contribution in [0.1, 0.15) is 32.6 Å². The van der Waals surface area contributed by atoms with Crippen molar-refractivity contribution in [1.29, 1.82) is 0 Å². The number of nitrogens with one attached hydrogen (secondary N) is 1. The second-order valence-electron chi connectivity index (χ2n) is 5.61. The predicted octanol–water partition coefficient (Wildman–Crippen LogP) is 2.18. The molecule has 21 heavy (non-hydrogen) atoms. The molecule has 2 amide bonds. The third-order valence-electron chi connectivity index (χ3n) is 3.76. The number of hydrogen-bond donors (Lipinski definition) is 1. The van der Waals surface area contributed by atoms with Crippen molar-refractivity contribution in [1.82, 2.24) is 4.90 Å².